The second-order valence-corrected chi connectivity index (χ2v) is 5.68. The Labute approximate surface area is 142 Å². The van der Waals surface area contributed by atoms with E-state index < -0.39 is 0 Å². The highest BCUT2D eigenvalue weighted by molar-refractivity contribution is 6.17. The van der Waals surface area contributed by atoms with Gasteiger partial charge in [0.05, 0.1) is 13.2 Å². The predicted molar refractivity (Wildman–Crippen MR) is 99.7 cm³/mol. The first-order valence-corrected chi connectivity index (χ1v) is 9.28. The van der Waals surface area contributed by atoms with E-state index in [1.165, 1.54) is 38.5 Å². The lowest BCUT2D eigenvalue weighted by molar-refractivity contribution is 0.167. The van der Waals surface area contributed by atoms with Crippen LogP contribution in [0, 0.1) is 0 Å². The van der Waals surface area contributed by atoms with Gasteiger partial charge < -0.3 is 4.74 Å². The van der Waals surface area contributed by atoms with Gasteiger partial charge in [0.15, 0.2) is 0 Å². The fourth-order valence-electron chi connectivity index (χ4n) is 1.92. The fraction of sp³-hybridized carbons (Fsp3) is 0.650. The monoisotopic (exact) mass is 324 g/mol. The summed E-state index contributed by atoms with van der Waals surface area (Å²) in [5, 5.41) is 0. The molecule has 0 radical (unpaired) electrons. The molecule has 0 heterocycles. The molecular formula is C20H33ClO. The predicted octanol–water partition coefficient (Wildman–Crippen LogP) is 6.60. The summed E-state index contributed by atoms with van der Waals surface area (Å²) >= 11 is 5.56. The van der Waals surface area contributed by atoms with Gasteiger partial charge >= 0.3 is 0 Å². The van der Waals surface area contributed by atoms with E-state index in [2.05, 4.69) is 37.0 Å². The van der Waals surface area contributed by atoms with Crippen LogP contribution < -0.4 is 0 Å². The number of allylic oxidation sites excluding steroid dienone is 3. The van der Waals surface area contributed by atoms with Crippen LogP contribution in [0.5, 0.6) is 0 Å². The number of hydrogen-bond donors (Lipinski definition) is 0. The van der Waals surface area contributed by atoms with Gasteiger partial charge in [-0.2, -0.15) is 0 Å². The first kappa shape index (κ1) is 21.2. The van der Waals surface area contributed by atoms with E-state index in [1.807, 2.05) is 12.2 Å². The van der Waals surface area contributed by atoms with E-state index in [4.69, 9.17) is 16.3 Å². The maximum Gasteiger partial charge on any atom is 0.0647 e. The topological polar surface area (TPSA) is 9.23 Å². The summed E-state index contributed by atoms with van der Waals surface area (Å²) < 4.78 is 5.50. The van der Waals surface area contributed by atoms with Crippen LogP contribution in [0.4, 0.5) is 0 Å². The molecule has 0 unspecified atom stereocenters. The van der Waals surface area contributed by atoms with Gasteiger partial charge in [-0.05, 0) is 44.3 Å². The molecule has 0 N–H and O–H groups in total. The van der Waals surface area contributed by atoms with Crippen molar-refractivity contribution >= 4 is 11.6 Å². The lowest BCUT2D eigenvalue weighted by Gasteiger charge is -1.96. The Balaban J connectivity index is 3.28. The Kier molecular flexibility index (Phi) is 19.6. The van der Waals surface area contributed by atoms with Gasteiger partial charge in [0.1, 0.15) is 0 Å². The Morgan fingerprint density at radius 3 is 2.45 bits per heavy atom. The van der Waals surface area contributed by atoms with Crippen molar-refractivity contribution in [2.24, 2.45) is 0 Å². The van der Waals surface area contributed by atoms with E-state index in [0.29, 0.717) is 12.5 Å². The lowest BCUT2D eigenvalue weighted by atomic mass is 10.1. The first-order valence-electron chi connectivity index (χ1n) is 8.75. The summed E-state index contributed by atoms with van der Waals surface area (Å²) in [7, 11) is 0. The molecule has 2 heteroatoms. The summed E-state index contributed by atoms with van der Waals surface area (Å²) in [6, 6.07) is 0. The van der Waals surface area contributed by atoms with Gasteiger partial charge in [0.25, 0.3) is 0 Å². The quantitative estimate of drug-likeness (QED) is 0.143. The lowest BCUT2D eigenvalue weighted by Crippen LogP contribution is -1.91. The van der Waals surface area contributed by atoms with Crippen LogP contribution in [-0.4, -0.2) is 19.1 Å². The van der Waals surface area contributed by atoms with Crippen LogP contribution in [0.2, 0.25) is 0 Å². The third kappa shape index (κ3) is 19.2. The number of halogens is 1. The van der Waals surface area contributed by atoms with Crippen molar-refractivity contribution in [3.8, 4) is 0 Å². The van der Waals surface area contributed by atoms with E-state index >= 15 is 0 Å². The van der Waals surface area contributed by atoms with Crippen molar-refractivity contribution in [2.75, 3.05) is 19.1 Å². The number of hydrogen-bond acceptors (Lipinski definition) is 1. The standard InChI is InChI=1S/C20H33ClO/c1-2-3-4-5-6-7-8-9-10-13-16-19-22-20-17-14-11-12-15-18-21/h8-9,12-14,16H,2-7,10,15,17-20H2,1H3/b9-8-,16-13-. The molecule has 0 aromatic heterocycles. The molecule has 0 aliphatic rings. The first-order chi connectivity index (χ1) is 10.9. The molecule has 0 bridgehead atoms. The molecule has 0 spiro atoms. The molecule has 1 nitrogen and oxygen atoms in total. The van der Waals surface area contributed by atoms with E-state index in [0.717, 1.165) is 25.9 Å². The average Bonchev–Trinajstić information content (AvgIpc) is 2.54. The third-order valence-electron chi connectivity index (χ3n) is 3.19. The minimum Gasteiger partial charge on any atom is -0.377 e. The molecule has 0 aliphatic heterocycles. The third-order valence-corrected chi connectivity index (χ3v) is 3.41. The molecule has 0 aromatic rings. The van der Waals surface area contributed by atoms with Gasteiger partial charge in [-0.15, -0.1) is 17.3 Å². The number of alkyl halides is 1. The molecular weight excluding hydrogens is 292 g/mol. The maximum absolute atomic E-state index is 5.56. The second kappa shape index (κ2) is 20.2. The van der Waals surface area contributed by atoms with Gasteiger partial charge in [-0.3, -0.25) is 0 Å². The second-order valence-electron chi connectivity index (χ2n) is 5.30. The normalized spacial score (nSPS) is 11.2. The summed E-state index contributed by atoms with van der Waals surface area (Å²) in [5.74, 6) is 0.662. The molecule has 0 aromatic carbocycles. The van der Waals surface area contributed by atoms with Gasteiger partial charge in [0.2, 0.25) is 0 Å². The summed E-state index contributed by atoms with van der Waals surface area (Å²) in [4.78, 5) is 0. The molecule has 0 aliphatic carbocycles. The van der Waals surface area contributed by atoms with Gasteiger partial charge in [0, 0.05) is 5.88 Å². The van der Waals surface area contributed by atoms with Crippen LogP contribution in [0.1, 0.15) is 64.7 Å². The molecule has 0 fully saturated rings. The molecule has 0 amide bonds. The van der Waals surface area contributed by atoms with E-state index in [1.54, 1.807) is 0 Å². The van der Waals surface area contributed by atoms with Gasteiger partial charge in [-0.25, -0.2) is 0 Å². The summed E-state index contributed by atoms with van der Waals surface area (Å²) in [5.41, 5.74) is 3.09. The van der Waals surface area contributed by atoms with Crippen LogP contribution in [0.15, 0.2) is 42.2 Å². The highest BCUT2D eigenvalue weighted by Crippen LogP contribution is 2.05. The number of ether oxygens (including phenoxy) is 1. The van der Waals surface area contributed by atoms with Crippen LogP contribution in [0.25, 0.3) is 0 Å². The summed E-state index contributed by atoms with van der Waals surface area (Å²) in [6.07, 6.45) is 23.6. The smallest absolute Gasteiger partial charge is 0.0647 e. The van der Waals surface area contributed by atoms with Crippen molar-refractivity contribution in [2.45, 2.75) is 64.7 Å². The highest BCUT2D eigenvalue weighted by atomic mass is 35.5. The van der Waals surface area contributed by atoms with Gasteiger partial charge in [-0.1, -0.05) is 56.9 Å². The van der Waals surface area contributed by atoms with Crippen LogP contribution >= 0.6 is 11.6 Å². The molecule has 126 valence electrons. The van der Waals surface area contributed by atoms with Crippen molar-refractivity contribution in [1.29, 1.82) is 0 Å². The zero-order valence-electron chi connectivity index (χ0n) is 14.2. The molecule has 0 saturated carbocycles. The molecule has 0 atom stereocenters. The van der Waals surface area contributed by atoms with Crippen molar-refractivity contribution in [3.63, 3.8) is 0 Å². The van der Waals surface area contributed by atoms with Crippen molar-refractivity contribution in [1.82, 2.24) is 0 Å². The largest absolute Gasteiger partial charge is 0.377 e. The maximum atomic E-state index is 5.56. The van der Waals surface area contributed by atoms with Crippen LogP contribution in [-0.2, 0) is 4.74 Å². The average molecular weight is 325 g/mol. The molecule has 0 saturated heterocycles. The Morgan fingerprint density at radius 1 is 0.864 bits per heavy atom. The number of rotatable bonds is 15. The Morgan fingerprint density at radius 2 is 1.64 bits per heavy atom. The Bertz CT molecular complexity index is 325. The fourth-order valence-corrected chi connectivity index (χ4v) is 2.03. The minimum absolute atomic E-state index is 0.662. The summed E-state index contributed by atoms with van der Waals surface area (Å²) in [6.45, 7) is 3.71. The minimum atomic E-state index is 0.662. The Hall–Kier alpha value is -0.750. The van der Waals surface area contributed by atoms with E-state index in [9.17, 15) is 0 Å². The zero-order chi connectivity index (χ0) is 16.1. The van der Waals surface area contributed by atoms with Crippen LogP contribution in [0.3, 0.4) is 0 Å². The number of unbranched alkanes of at least 4 members (excludes halogenated alkanes) is 5. The zero-order valence-corrected chi connectivity index (χ0v) is 15.0. The van der Waals surface area contributed by atoms with E-state index in [-0.39, 0.29) is 0 Å². The van der Waals surface area contributed by atoms with Crippen molar-refractivity contribution in [3.05, 3.63) is 42.2 Å². The molecule has 0 rings (SSSR count). The SMILES string of the molecule is CCCCCCC/C=C\C/C=C\COCCC=C=CCCCl. The van der Waals surface area contributed by atoms with Crippen molar-refractivity contribution < 1.29 is 4.74 Å². The highest BCUT2D eigenvalue weighted by Gasteiger charge is 1.86. The molecule has 22 heavy (non-hydrogen) atoms.